The smallest absolute Gasteiger partial charge is 0.234 e. The largest absolute Gasteiger partial charge is 0.486 e. The van der Waals surface area contributed by atoms with Crippen molar-refractivity contribution >= 4 is 11.8 Å². The van der Waals surface area contributed by atoms with E-state index < -0.39 is 0 Å². The summed E-state index contributed by atoms with van der Waals surface area (Å²) in [6, 6.07) is 5.17. The standard InChI is InChI=1S/C17H23N3O4/c1-11(12-4-5-14-15(9-12)24-8-7-23-14)19-16(21)10-20-6-2-3-13(20)17(18)22/h4-5,9,11,13H,2-3,6-8,10H2,1H3,(H2,18,22)(H,19,21)/t11-,13+/m1/s1. The molecule has 0 radical (unpaired) electrons. The van der Waals surface area contributed by atoms with Crippen LogP contribution in [-0.4, -0.2) is 49.1 Å². The van der Waals surface area contributed by atoms with E-state index in [1.54, 1.807) is 0 Å². The van der Waals surface area contributed by atoms with E-state index in [0.29, 0.717) is 19.0 Å². The van der Waals surface area contributed by atoms with Crippen LogP contribution in [0.3, 0.4) is 0 Å². The molecule has 2 atom stereocenters. The maximum Gasteiger partial charge on any atom is 0.234 e. The number of hydrogen-bond donors (Lipinski definition) is 2. The lowest BCUT2D eigenvalue weighted by Gasteiger charge is -2.23. The van der Waals surface area contributed by atoms with Crippen LogP contribution in [0.5, 0.6) is 11.5 Å². The molecule has 1 saturated heterocycles. The van der Waals surface area contributed by atoms with Gasteiger partial charge in [-0.2, -0.15) is 0 Å². The molecule has 24 heavy (non-hydrogen) atoms. The number of nitrogens with one attached hydrogen (secondary N) is 1. The molecule has 0 spiro atoms. The highest BCUT2D eigenvalue weighted by Gasteiger charge is 2.30. The Bertz CT molecular complexity index is 634. The topological polar surface area (TPSA) is 93.9 Å². The van der Waals surface area contributed by atoms with Crippen molar-refractivity contribution in [2.45, 2.75) is 31.8 Å². The van der Waals surface area contributed by atoms with Gasteiger partial charge in [-0.1, -0.05) is 6.07 Å². The van der Waals surface area contributed by atoms with Crippen LogP contribution in [0.2, 0.25) is 0 Å². The number of nitrogens with two attached hydrogens (primary N) is 1. The predicted octanol–water partition coefficient (Wildman–Crippen LogP) is 0.585. The van der Waals surface area contributed by atoms with Gasteiger partial charge >= 0.3 is 0 Å². The first-order chi connectivity index (χ1) is 11.5. The van der Waals surface area contributed by atoms with Crippen LogP contribution in [-0.2, 0) is 9.59 Å². The molecule has 0 unspecified atom stereocenters. The van der Waals surface area contributed by atoms with Gasteiger partial charge in [0.1, 0.15) is 13.2 Å². The van der Waals surface area contributed by atoms with Gasteiger partial charge < -0.3 is 20.5 Å². The molecule has 2 amide bonds. The summed E-state index contributed by atoms with van der Waals surface area (Å²) in [4.78, 5) is 25.5. The summed E-state index contributed by atoms with van der Waals surface area (Å²) in [6.45, 7) is 3.90. The molecule has 3 rings (SSSR count). The zero-order chi connectivity index (χ0) is 17.1. The van der Waals surface area contributed by atoms with E-state index in [0.717, 1.165) is 30.7 Å². The Morgan fingerprint density at radius 1 is 1.33 bits per heavy atom. The van der Waals surface area contributed by atoms with Gasteiger partial charge in [0.05, 0.1) is 18.6 Å². The zero-order valence-corrected chi connectivity index (χ0v) is 13.8. The first-order valence-electron chi connectivity index (χ1n) is 8.27. The van der Waals surface area contributed by atoms with Gasteiger partial charge in [-0.3, -0.25) is 14.5 Å². The van der Waals surface area contributed by atoms with E-state index in [9.17, 15) is 9.59 Å². The van der Waals surface area contributed by atoms with E-state index in [1.165, 1.54) is 0 Å². The lowest BCUT2D eigenvalue weighted by atomic mass is 10.1. The first kappa shape index (κ1) is 16.6. The third kappa shape index (κ3) is 3.62. The maximum atomic E-state index is 12.3. The number of benzene rings is 1. The minimum atomic E-state index is -0.361. The molecule has 130 valence electrons. The fraction of sp³-hybridized carbons (Fsp3) is 0.529. The van der Waals surface area contributed by atoms with Crippen molar-refractivity contribution in [2.75, 3.05) is 26.3 Å². The van der Waals surface area contributed by atoms with Gasteiger partial charge in [0.2, 0.25) is 11.8 Å². The van der Waals surface area contributed by atoms with Crippen LogP contribution in [0.1, 0.15) is 31.4 Å². The molecule has 0 aliphatic carbocycles. The molecular formula is C17H23N3O4. The number of ether oxygens (including phenoxy) is 2. The van der Waals surface area contributed by atoms with Crippen LogP contribution in [0.15, 0.2) is 18.2 Å². The molecular weight excluding hydrogens is 310 g/mol. The number of carbonyl (C=O) groups is 2. The van der Waals surface area contributed by atoms with Crippen LogP contribution in [0, 0.1) is 0 Å². The molecule has 7 nitrogen and oxygen atoms in total. The van der Waals surface area contributed by atoms with Crippen molar-refractivity contribution in [1.29, 1.82) is 0 Å². The summed E-state index contributed by atoms with van der Waals surface area (Å²) in [5.41, 5.74) is 6.33. The SMILES string of the molecule is C[C@@H](NC(=O)CN1CCC[C@H]1C(N)=O)c1ccc2c(c1)OCCO2. The quantitative estimate of drug-likeness (QED) is 0.822. The molecule has 1 aromatic rings. The van der Waals surface area contributed by atoms with Crippen molar-refractivity contribution in [3.8, 4) is 11.5 Å². The molecule has 1 aromatic carbocycles. The predicted molar refractivity (Wildman–Crippen MR) is 87.8 cm³/mol. The minimum absolute atomic E-state index is 0.120. The fourth-order valence-electron chi connectivity index (χ4n) is 3.22. The monoisotopic (exact) mass is 333 g/mol. The average molecular weight is 333 g/mol. The summed E-state index contributed by atoms with van der Waals surface area (Å²) >= 11 is 0. The lowest BCUT2D eigenvalue weighted by molar-refractivity contribution is -0.126. The normalized spacial score (nSPS) is 21.3. The number of fused-ring (bicyclic) bond motifs is 1. The minimum Gasteiger partial charge on any atom is -0.486 e. The maximum absolute atomic E-state index is 12.3. The Hall–Kier alpha value is -2.28. The number of amides is 2. The number of carbonyl (C=O) groups excluding carboxylic acids is 2. The van der Waals surface area contributed by atoms with Gasteiger partial charge in [-0.15, -0.1) is 0 Å². The Kier molecular flexibility index (Phi) is 4.89. The molecule has 2 aliphatic rings. The molecule has 0 aromatic heterocycles. The van der Waals surface area contributed by atoms with Crippen LogP contribution < -0.4 is 20.5 Å². The zero-order valence-electron chi connectivity index (χ0n) is 13.8. The second-order valence-corrected chi connectivity index (χ2v) is 6.22. The number of primary amides is 1. The third-order valence-electron chi connectivity index (χ3n) is 4.48. The summed E-state index contributed by atoms with van der Waals surface area (Å²) in [5, 5.41) is 2.96. The van der Waals surface area contributed by atoms with Gasteiger partial charge in [0.15, 0.2) is 11.5 Å². The highest BCUT2D eigenvalue weighted by Crippen LogP contribution is 2.32. The van der Waals surface area contributed by atoms with Gasteiger partial charge in [-0.05, 0) is 44.0 Å². The highest BCUT2D eigenvalue weighted by atomic mass is 16.6. The van der Waals surface area contributed by atoms with Crippen molar-refractivity contribution in [3.05, 3.63) is 23.8 Å². The molecule has 1 fully saturated rings. The Labute approximate surface area is 141 Å². The van der Waals surface area contributed by atoms with Crippen LogP contribution in [0.25, 0.3) is 0 Å². The van der Waals surface area contributed by atoms with Crippen molar-refractivity contribution in [3.63, 3.8) is 0 Å². The van der Waals surface area contributed by atoms with Crippen molar-refractivity contribution in [2.24, 2.45) is 5.73 Å². The second kappa shape index (κ2) is 7.09. The second-order valence-electron chi connectivity index (χ2n) is 6.22. The molecule has 7 heteroatoms. The van der Waals surface area contributed by atoms with Crippen molar-refractivity contribution in [1.82, 2.24) is 10.2 Å². The molecule has 3 N–H and O–H groups in total. The lowest BCUT2D eigenvalue weighted by Crippen LogP contribution is -2.45. The number of hydrogen-bond acceptors (Lipinski definition) is 5. The molecule has 0 bridgehead atoms. The van der Waals surface area contributed by atoms with Crippen molar-refractivity contribution < 1.29 is 19.1 Å². The van der Waals surface area contributed by atoms with E-state index in [-0.39, 0.29) is 30.4 Å². The van der Waals surface area contributed by atoms with Crippen LogP contribution in [0.4, 0.5) is 0 Å². The average Bonchev–Trinajstić information content (AvgIpc) is 3.02. The molecule has 0 saturated carbocycles. The van der Waals surface area contributed by atoms with Gasteiger partial charge in [0.25, 0.3) is 0 Å². The molecule has 2 aliphatic heterocycles. The number of rotatable bonds is 5. The summed E-state index contributed by atoms with van der Waals surface area (Å²) < 4.78 is 11.1. The Balaban J connectivity index is 1.59. The molecule has 2 heterocycles. The fourth-order valence-corrected chi connectivity index (χ4v) is 3.22. The van der Waals surface area contributed by atoms with E-state index in [2.05, 4.69) is 5.32 Å². The first-order valence-corrected chi connectivity index (χ1v) is 8.27. The number of nitrogens with zero attached hydrogens (tertiary/aromatic N) is 1. The van der Waals surface area contributed by atoms with E-state index in [4.69, 9.17) is 15.2 Å². The van der Waals surface area contributed by atoms with Crippen LogP contribution >= 0.6 is 0 Å². The summed E-state index contributed by atoms with van der Waals surface area (Å²) in [7, 11) is 0. The van der Waals surface area contributed by atoms with E-state index in [1.807, 2.05) is 30.0 Å². The summed E-state index contributed by atoms with van der Waals surface area (Å²) in [6.07, 6.45) is 1.61. The van der Waals surface area contributed by atoms with Gasteiger partial charge in [0, 0.05) is 0 Å². The third-order valence-corrected chi connectivity index (χ3v) is 4.48. The Morgan fingerprint density at radius 3 is 2.83 bits per heavy atom. The number of likely N-dealkylation sites (tertiary alicyclic amines) is 1. The highest BCUT2D eigenvalue weighted by molar-refractivity contribution is 5.83. The van der Waals surface area contributed by atoms with Gasteiger partial charge in [-0.25, -0.2) is 0 Å². The summed E-state index contributed by atoms with van der Waals surface area (Å²) in [5.74, 6) is 0.948. The Morgan fingerprint density at radius 2 is 2.08 bits per heavy atom. The van der Waals surface area contributed by atoms with E-state index >= 15 is 0 Å².